The van der Waals surface area contributed by atoms with Crippen LogP contribution in [0.4, 0.5) is 5.69 Å². The number of hydrogen-bond acceptors (Lipinski definition) is 4. The standard InChI is InChI=1S/C8H9Cl2NO2S/c1-2-13-6(12)3-11-7-5(9)4-14-8(7)10/h4,11H,2-3H2,1H3. The zero-order valence-corrected chi connectivity index (χ0v) is 9.80. The maximum atomic E-state index is 11.0. The van der Waals surface area contributed by atoms with Crippen molar-refractivity contribution < 1.29 is 9.53 Å². The van der Waals surface area contributed by atoms with E-state index in [1.807, 2.05) is 0 Å². The number of carbonyl (C=O) groups excluding carboxylic acids is 1. The first kappa shape index (κ1) is 11.6. The van der Waals surface area contributed by atoms with Crippen molar-refractivity contribution in [3.8, 4) is 0 Å². The highest BCUT2D eigenvalue weighted by atomic mass is 35.5. The zero-order valence-electron chi connectivity index (χ0n) is 7.47. The van der Waals surface area contributed by atoms with Gasteiger partial charge < -0.3 is 10.1 Å². The first-order valence-electron chi connectivity index (χ1n) is 3.97. The summed E-state index contributed by atoms with van der Waals surface area (Å²) in [6.45, 7) is 2.19. The normalized spacial score (nSPS) is 9.93. The van der Waals surface area contributed by atoms with Crippen molar-refractivity contribution >= 4 is 46.2 Å². The molecule has 0 aliphatic carbocycles. The molecule has 1 N–H and O–H groups in total. The molecule has 78 valence electrons. The van der Waals surface area contributed by atoms with Crippen molar-refractivity contribution in [1.29, 1.82) is 0 Å². The number of anilines is 1. The molecule has 0 unspecified atom stereocenters. The number of esters is 1. The molecule has 1 aromatic rings. The molecule has 0 aromatic carbocycles. The third kappa shape index (κ3) is 3.04. The van der Waals surface area contributed by atoms with Crippen LogP contribution in [0.5, 0.6) is 0 Å². The van der Waals surface area contributed by atoms with Gasteiger partial charge in [0.1, 0.15) is 10.9 Å². The summed E-state index contributed by atoms with van der Waals surface area (Å²) in [6, 6.07) is 0. The molecule has 0 aliphatic heterocycles. The van der Waals surface area contributed by atoms with Gasteiger partial charge in [0, 0.05) is 5.38 Å². The topological polar surface area (TPSA) is 38.3 Å². The van der Waals surface area contributed by atoms with E-state index in [1.165, 1.54) is 11.3 Å². The van der Waals surface area contributed by atoms with Gasteiger partial charge in [-0.2, -0.15) is 0 Å². The van der Waals surface area contributed by atoms with E-state index in [2.05, 4.69) is 5.32 Å². The number of halogens is 2. The van der Waals surface area contributed by atoms with Gasteiger partial charge in [-0.1, -0.05) is 23.2 Å². The number of ether oxygens (including phenoxy) is 1. The summed E-state index contributed by atoms with van der Waals surface area (Å²) in [4.78, 5) is 11.0. The molecule has 0 atom stereocenters. The molecule has 0 fully saturated rings. The molecule has 0 bridgehead atoms. The minimum atomic E-state index is -0.328. The number of rotatable bonds is 4. The monoisotopic (exact) mass is 253 g/mol. The molecule has 1 aromatic heterocycles. The van der Waals surface area contributed by atoms with E-state index in [9.17, 15) is 4.79 Å². The Bertz CT molecular complexity index is 308. The summed E-state index contributed by atoms with van der Waals surface area (Å²) in [5.74, 6) is -0.328. The molecule has 0 saturated carbocycles. The highest BCUT2D eigenvalue weighted by Crippen LogP contribution is 2.36. The Labute approximate surface area is 96.0 Å². The van der Waals surface area contributed by atoms with Gasteiger partial charge in [0.15, 0.2) is 0 Å². The van der Waals surface area contributed by atoms with Gasteiger partial charge in [-0.25, -0.2) is 0 Å². The smallest absolute Gasteiger partial charge is 0.325 e. The minimum absolute atomic E-state index is 0.0734. The summed E-state index contributed by atoms with van der Waals surface area (Å²) in [5.41, 5.74) is 0.589. The van der Waals surface area contributed by atoms with Gasteiger partial charge in [-0.15, -0.1) is 11.3 Å². The maximum Gasteiger partial charge on any atom is 0.325 e. The van der Waals surface area contributed by atoms with Crippen LogP contribution in [0.2, 0.25) is 9.36 Å². The summed E-state index contributed by atoms with van der Waals surface area (Å²) in [5, 5.41) is 5.04. The molecule has 1 heterocycles. The Morgan fingerprint density at radius 2 is 2.36 bits per heavy atom. The third-order valence-corrected chi connectivity index (χ3v) is 3.06. The highest BCUT2D eigenvalue weighted by Gasteiger charge is 2.09. The first-order valence-corrected chi connectivity index (χ1v) is 5.60. The van der Waals surface area contributed by atoms with Crippen molar-refractivity contribution in [2.75, 3.05) is 18.5 Å². The molecule has 6 heteroatoms. The number of hydrogen-bond donors (Lipinski definition) is 1. The van der Waals surface area contributed by atoms with Crippen molar-refractivity contribution in [3.63, 3.8) is 0 Å². The zero-order chi connectivity index (χ0) is 10.6. The largest absolute Gasteiger partial charge is 0.465 e. The first-order chi connectivity index (χ1) is 6.65. The van der Waals surface area contributed by atoms with Crippen LogP contribution in [-0.4, -0.2) is 19.1 Å². The minimum Gasteiger partial charge on any atom is -0.465 e. The van der Waals surface area contributed by atoms with E-state index in [0.29, 0.717) is 21.7 Å². The fraction of sp³-hybridized carbons (Fsp3) is 0.375. The quantitative estimate of drug-likeness (QED) is 0.839. The second-order valence-electron chi connectivity index (χ2n) is 2.39. The van der Waals surface area contributed by atoms with E-state index < -0.39 is 0 Å². The van der Waals surface area contributed by atoms with Crippen LogP contribution in [0, 0.1) is 0 Å². The maximum absolute atomic E-state index is 11.0. The Hall–Kier alpha value is -0.450. The lowest BCUT2D eigenvalue weighted by Crippen LogP contribution is -2.16. The lowest BCUT2D eigenvalue weighted by molar-refractivity contribution is -0.140. The molecule has 0 radical (unpaired) electrons. The SMILES string of the molecule is CCOC(=O)CNc1c(Cl)csc1Cl. The number of nitrogens with one attached hydrogen (secondary N) is 1. The van der Waals surface area contributed by atoms with Gasteiger partial charge in [-0.05, 0) is 6.92 Å². The summed E-state index contributed by atoms with van der Waals surface area (Å²) < 4.78 is 5.28. The van der Waals surface area contributed by atoms with E-state index in [1.54, 1.807) is 12.3 Å². The van der Waals surface area contributed by atoms with Gasteiger partial charge in [0.25, 0.3) is 0 Å². The van der Waals surface area contributed by atoms with Gasteiger partial charge in [0.2, 0.25) is 0 Å². The average molecular weight is 254 g/mol. The number of carbonyl (C=O) groups is 1. The van der Waals surface area contributed by atoms with Crippen LogP contribution < -0.4 is 5.32 Å². The van der Waals surface area contributed by atoms with Crippen molar-refractivity contribution in [1.82, 2.24) is 0 Å². The molecule has 0 amide bonds. The second kappa shape index (κ2) is 5.44. The molecule has 0 aliphatic rings. The van der Waals surface area contributed by atoms with Crippen molar-refractivity contribution in [2.45, 2.75) is 6.92 Å². The van der Waals surface area contributed by atoms with Crippen LogP contribution in [-0.2, 0) is 9.53 Å². The van der Waals surface area contributed by atoms with Gasteiger partial charge in [0.05, 0.1) is 17.3 Å². The molecule has 0 saturated heterocycles. The highest BCUT2D eigenvalue weighted by molar-refractivity contribution is 7.15. The lowest BCUT2D eigenvalue weighted by atomic mass is 10.5. The van der Waals surface area contributed by atoms with Crippen molar-refractivity contribution in [3.05, 3.63) is 14.7 Å². The predicted molar refractivity (Wildman–Crippen MR) is 59.5 cm³/mol. The fourth-order valence-electron chi connectivity index (χ4n) is 0.842. The van der Waals surface area contributed by atoms with E-state index >= 15 is 0 Å². The van der Waals surface area contributed by atoms with Crippen LogP contribution >= 0.6 is 34.5 Å². The summed E-state index contributed by atoms with van der Waals surface area (Å²) >= 11 is 13.0. The lowest BCUT2D eigenvalue weighted by Gasteiger charge is -2.04. The summed E-state index contributed by atoms with van der Waals surface area (Å²) in [6.07, 6.45) is 0. The van der Waals surface area contributed by atoms with Gasteiger partial charge in [-0.3, -0.25) is 4.79 Å². The Kier molecular flexibility index (Phi) is 4.51. The number of thiophene rings is 1. The Morgan fingerprint density at radius 3 is 2.86 bits per heavy atom. The van der Waals surface area contributed by atoms with Crippen LogP contribution in [0.3, 0.4) is 0 Å². The molecule has 0 spiro atoms. The van der Waals surface area contributed by atoms with Crippen molar-refractivity contribution in [2.24, 2.45) is 0 Å². The molecule has 1 rings (SSSR count). The second-order valence-corrected chi connectivity index (χ2v) is 4.28. The molecule has 3 nitrogen and oxygen atoms in total. The van der Waals surface area contributed by atoms with E-state index in [0.717, 1.165) is 0 Å². The van der Waals surface area contributed by atoms with E-state index in [4.69, 9.17) is 27.9 Å². The summed E-state index contributed by atoms with van der Waals surface area (Å²) in [7, 11) is 0. The molecular formula is C8H9Cl2NO2S. The predicted octanol–water partition coefficient (Wildman–Crippen LogP) is 3.03. The Morgan fingerprint density at radius 1 is 1.64 bits per heavy atom. The molecule has 14 heavy (non-hydrogen) atoms. The fourth-order valence-corrected chi connectivity index (χ4v) is 2.17. The van der Waals surface area contributed by atoms with Crippen LogP contribution in [0.15, 0.2) is 5.38 Å². The van der Waals surface area contributed by atoms with Crippen LogP contribution in [0.1, 0.15) is 6.92 Å². The average Bonchev–Trinajstić information content (AvgIpc) is 2.44. The Balaban J connectivity index is 2.49. The molecular weight excluding hydrogens is 245 g/mol. The van der Waals surface area contributed by atoms with Crippen LogP contribution in [0.25, 0.3) is 0 Å². The van der Waals surface area contributed by atoms with E-state index in [-0.39, 0.29) is 12.5 Å². The third-order valence-electron chi connectivity index (χ3n) is 1.42. The van der Waals surface area contributed by atoms with Gasteiger partial charge >= 0.3 is 5.97 Å².